The number of thiocarbonyl (C=S) groups is 5. The summed E-state index contributed by atoms with van der Waals surface area (Å²) in [6.45, 7) is 7.08. The van der Waals surface area contributed by atoms with E-state index in [9.17, 15) is 4.79 Å². The predicted molar refractivity (Wildman–Crippen MR) is 178 cm³/mol. The summed E-state index contributed by atoms with van der Waals surface area (Å²) in [5, 5.41) is 13.8. The fourth-order valence-electron chi connectivity index (χ4n) is 3.10. The quantitative estimate of drug-likeness (QED) is 0.129. The van der Waals surface area contributed by atoms with Gasteiger partial charge in [0.05, 0.1) is 28.8 Å². The molecule has 0 spiro atoms. The highest BCUT2D eigenvalue weighted by Crippen LogP contribution is 2.06. The minimum Gasteiger partial charge on any atom is -0.350 e. The summed E-state index contributed by atoms with van der Waals surface area (Å²) in [7, 11) is 0. The van der Waals surface area contributed by atoms with Gasteiger partial charge in [0, 0.05) is 59.0 Å². The largest absolute Gasteiger partial charge is 0.350 e. The third-order valence-electron chi connectivity index (χ3n) is 5.53. The van der Waals surface area contributed by atoms with Gasteiger partial charge >= 0.3 is 0 Å². The smallest absolute Gasteiger partial charge is 0.168 e. The summed E-state index contributed by atoms with van der Waals surface area (Å²) in [6, 6.07) is 0. The molecule has 2 atom stereocenters. The number of nitrogens with two attached hydrogens (primary N) is 3. The van der Waals surface area contributed by atoms with Crippen LogP contribution in [0.5, 0.6) is 0 Å². The van der Waals surface area contributed by atoms with E-state index in [2.05, 4.69) is 87.5 Å². The van der Waals surface area contributed by atoms with E-state index in [0.717, 1.165) is 43.9 Å². The lowest BCUT2D eigenvalue weighted by atomic mass is 10.1. The molecule has 40 heavy (non-hydrogen) atoms. The summed E-state index contributed by atoms with van der Waals surface area (Å²) in [6.07, 6.45) is 3.06. The van der Waals surface area contributed by atoms with Crippen molar-refractivity contribution in [1.29, 1.82) is 0 Å². The van der Waals surface area contributed by atoms with Crippen LogP contribution in [0.4, 0.5) is 0 Å². The Morgan fingerprint density at radius 1 is 0.700 bits per heavy atom. The first-order valence-corrected chi connectivity index (χ1v) is 14.5. The number of fused-ring (bicyclic) bond motifs is 12. The number of hydrogen-bond acceptors (Lipinski definition) is 16. The van der Waals surface area contributed by atoms with Crippen molar-refractivity contribution in [3.05, 3.63) is 0 Å². The molecule has 3 saturated heterocycles. The number of hydrogen-bond donors (Lipinski definition) is 5. The average molecular weight is 649 g/mol. The average Bonchev–Trinajstić information content (AvgIpc) is 2.96. The predicted octanol–water partition coefficient (Wildman–Crippen LogP) is 0.00240. The molecule has 0 aromatic heterocycles. The van der Waals surface area contributed by atoms with Crippen molar-refractivity contribution >= 4 is 92.3 Å². The van der Waals surface area contributed by atoms with Gasteiger partial charge in [-0.2, -0.15) is 0 Å². The SMILES string of the molecule is NCN(CN)CN.O=C1CCN2CCC(=S)CCN(CC1)CNC(=S)NC2.S=C=NCN(CN=C=S)CN=C=S. The summed E-state index contributed by atoms with van der Waals surface area (Å²) in [5.41, 5.74) is 15.5. The molecule has 224 valence electrons. The van der Waals surface area contributed by atoms with E-state index in [0.29, 0.717) is 77.1 Å². The van der Waals surface area contributed by atoms with Gasteiger partial charge in [0.2, 0.25) is 0 Å². The highest BCUT2D eigenvalue weighted by Gasteiger charge is 2.16. The Labute approximate surface area is 263 Å². The number of carbonyl (C=O) groups excluding carboxylic acids is 1. The number of ketones is 1. The fraction of sp³-hybridized carbons (Fsp3) is 0.727. The fourth-order valence-corrected chi connectivity index (χ4v) is 3.58. The van der Waals surface area contributed by atoms with Crippen LogP contribution >= 0.6 is 61.1 Å². The first kappa shape index (κ1) is 38.6. The lowest BCUT2D eigenvalue weighted by Gasteiger charge is -2.29. The molecule has 3 rings (SSSR count). The van der Waals surface area contributed by atoms with Crippen molar-refractivity contribution in [2.24, 2.45) is 32.2 Å². The van der Waals surface area contributed by atoms with Crippen LogP contribution in [0, 0.1) is 0 Å². The molecule has 18 heteroatoms. The van der Waals surface area contributed by atoms with Crippen LogP contribution < -0.4 is 27.8 Å². The van der Waals surface area contributed by atoms with Crippen LogP contribution in [0.3, 0.4) is 0 Å². The van der Waals surface area contributed by atoms with Gasteiger partial charge in [-0.3, -0.25) is 19.5 Å². The molecule has 2 bridgehead atoms. The molecular formula is C22H40N12OS5. The van der Waals surface area contributed by atoms with Crippen LogP contribution in [0.15, 0.2) is 15.0 Å². The third kappa shape index (κ3) is 21.3. The van der Waals surface area contributed by atoms with E-state index in [1.165, 1.54) is 0 Å². The Kier molecular flexibility index (Phi) is 25.5. The number of aliphatic imine (C=N–C) groups is 3. The highest BCUT2D eigenvalue weighted by atomic mass is 32.1. The molecule has 0 saturated carbocycles. The Balaban J connectivity index is 0.000000654. The molecule has 2 unspecified atom stereocenters. The van der Waals surface area contributed by atoms with Crippen LogP contribution in [-0.4, -0.2) is 130 Å². The Bertz CT molecular complexity index is 762. The summed E-state index contributed by atoms with van der Waals surface area (Å²) in [5.74, 6) is 0.339. The molecule has 0 aromatic rings. The van der Waals surface area contributed by atoms with E-state index >= 15 is 0 Å². The Morgan fingerprint density at radius 2 is 1.07 bits per heavy atom. The van der Waals surface area contributed by atoms with E-state index in [1.807, 2.05) is 0 Å². The van der Waals surface area contributed by atoms with Crippen molar-refractivity contribution in [3.8, 4) is 0 Å². The molecule has 0 aliphatic carbocycles. The molecular weight excluding hydrogens is 609 g/mol. The van der Waals surface area contributed by atoms with Crippen molar-refractivity contribution < 1.29 is 4.79 Å². The van der Waals surface area contributed by atoms with Gasteiger partial charge in [0.1, 0.15) is 25.8 Å². The second-order valence-corrected chi connectivity index (χ2v) is 9.91. The second kappa shape index (κ2) is 26.5. The zero-order valence-corrected chi connectivity index (χ0v) is 26.7. The van der Waals surface area contributed by atoms with Crippen LogP contribution in [0.25, 0.3) is 0 Å². The van der Waals surface area contributed by atoms with E-state index < -0.39 is 0 Å². The van der Waals surface area contributed by atoms with Gasteiger partial charge in [0.25, 0.3) is 0 Å². The standard InChI is InChI=1S/C13H22N4OS2.C6H6N4S3.C3H12N4/c18-11-1-5-16-7-3-12(19)4-8-17(6-2-11)10-15-13(20)14-9-16;11-4-7-1-10(2-8-5-12)3-9-6-13;4-1-7(2-5)3-6/h1-10H2,(H2,14,15,20);1-3H2;1-6H2. The van der Waals surface area contributed by atoms with Gasteiger partial charge in [-0.25, -0.2) is 19.9 Å². The maximum absolute atomic E-state index is 11.9. The number of carbonyl (C=O) groups is 1. The zero-order valence-electron chi connectivity index (χ0n) is 22.6. The molecule has 3 aliphatic heterocycles. The molecule has 3 heterocycles. The topological polar surface area (TPSA) is 169 Å². The highest BCUT2D eigenvalue weighted by molar-refractivity contribution is 7.80. The summed E-state index contributed by atoms with van der Waals surface area (Å²) < 4.78 is 0. The van der Waals surface area contributed by atoms with E-state index in [1.54, 1.807) is 9.80 Å². The minimum absolute atomic E-state index is 0.339. The van der Waals surface area contributed by atoms with E-state index in [4.69, 9.17) is 41.6 Å². The van der Waals surface area contributed by atoms with Crippen LogP contribution in [-0.2, 0) is 4.79 Å². The number of isothiocyanates is 3. The van der Waals surface area contributed by atoms with Crippen molar-refractivity contribution in [1.82, 2.24) is 30.2 Å². The lowest BCUT2D eigenvalue weighted by Crippen LogP contribution is -2.48. The Morgan fingerprint density at radius 3 is 1.40 bits per heavy atom. The number of Topliss-reactive ketones (excluding diaryl/α,β-unsaturated/α-hetero) is 1. The van der Waals surface area contributed by atoms with Gasteiger partial charge < -0.3 is 27.8 Å². The molecule has 0 amide bonds. The monoisotopic (exact) mass is 648 g/mol. The van der Waals surface area contributed by atoms with E-state index in [-0.39, 0.29) is 0 Å². The van der Waals surface area contributed by atoms with Crippen molar-refractivity contribution in [2.45, 2.75) is 25.7 Å². The van der Waals surface area contributed by atoms with Crippen LogP contribution in [0.2, 0.25) is 0 Å². The molecule has 0 aromatic carbocycles. The molecule has 8 N–H and O–H groups in total. The molecule has 0 radical (unpaired) electrons. The molecule has 13 nitrogen and oxygen atoms in total. The molecule has 3 aliphatic rings. The normalized spacial score (nSPS) is 19.5. The number of nitrogens with zero attached hydrogens (tertiary/aromatic N) is 7. The van der Waals surface area contributed by atoms with Gasteiger partial charge in [-0.15, -0.1) is 0 Å². The lowest BCUT2D eigenvalue weighted by molar-refractivity contribution is -0.119. The van der Waals surface area contributed by atoms with Crippen molar-refractivity contribution in [2.75, 3.05) is 79.5 Å². The first-order valence-electron chi connectivity index (χ1n) is 12.5. The van der Waals surface area contributed by atoms with Gasteiger partial charge in [0.15, 0.2) is 5.11 Å². The number of rotatable bonds is 9. The maximum atomic E-state index is 11.9. The second-order valence-electron chi connectivity index (χ2n) is 8.37. The van der Waals surface area contributed by atoms with Gasteiger partial charge in [-0.05, 0) is 66.6 Å². The first-order chi connectivity index (χ1) is 19.3. The third-order valence-corrected chi connectivity index (χ3v) is 6.62. The Hall–Kier alpha value is -1.43. The maximum Gasteiger partial charge on any atom is 0.168 e. The van der Waals surface area contributed by atoms with Gasteiger partial charge in [-0.1, -0.05) is 12.2 Å². The van der Waals surface area contributed by atoms with Crippen molar-refractivity contribution in [3.63, 3.8) is 0 Å². The summed E-state index contributed by atoms with van der Waals surface area (Å²) >= 11 is 24.0. The number of nitrogens with one attached hydrogen (secondary N) is 2. The minimum atomic E-state index is 0.339. The zero-order chi connectivity index (χ0) is 30.0. The molecule has 3 fully saturated rings. The summed E-state index contributed by atoms with van der Waals surface area (Å²) in [4.78, 5) is 32.1. The van der Waals surface area contributed by atoms with Crippen LogP contribution in [0.1, 0.15) is 25.7 Å².